The third-order valence-corrected chi connectivity index (χ3v) is 4.61. The Morgan fingerprint density at radius 3 is 3.00 bits per heavy atom. The molecule has 0 saturated heterocycles. The average Bonchev–Trinajstić information content (AvgIpc) is 3.27. The highest BCUT2D eigenvalue weighted by molar-refractivity contribution is 7.00. The zero-order chi connectivity index (χ0) is 18.8. The summed E-state index contributed by atoms with van der Waals surface area (Å²) < 4.78 is 18.8. The van der Waals surface area contributed by atoms with Gasteiger partial charge >= 0.3 is 5.97 Å². The van der Waals surface area contributed by atoms with E-state index < -0.39 is 11.9 Å². The van der Waals surface area contributed by atoms with E-state index in [1.165, 1.54) is 0 Å². The number of esters is 1. The van der Waals surface area contributed by atoms with Crippen LogP contribution in [0.3, 0.4) is 0 Å². The van der Waals surface area contributed by atoms with Crippen molar-refractivity contribution in [2.45, 2.75) is 13.3 Å². The number of aromatic nitrogens is 2. The summed E-state index contributed by atoms with van der Waals surface area (Å²) in [5, 5.41) is 3.56. The van der Waals surface area contributed by atoms with E-state index in [9.17, 15) is 9.59 Å². The minimum Gasteiger partial charge on any atom is -0.464 e. The van der Waals surface area contributed by atoms with Gasteiger partial charge in [-0.2, -0.15) is 8.75 Å². The van der Waals surface area contributed by atoms with Crippen molar-refractivity contribution in [1.82, 2.24) is 8.75 Å². The van der Waals surface area contributed by atoms with Gasteiger partial charge in [0.1, 0.15) is 16.6 Å². The maximum absolute atomic E-state index is 12.1. The van der Waals surface area contributed by atoms with Crippen LogP contribution in [0.25, 0.3) is 22.0 Å². The molecule has 7 nitrogen and oxygen atoms in total. The number of anilines is 1. The monoisotopic (exact) mass is 381 g/mol. The van der Waals surface area contributed by atoms with Crippen LogP contribution in [-0.4, -0.2) is 27.2 Å². The molecule has 0 aliphatic carbocycles. The molecule has 0 aliphatic rings. The minimum atomic E-state index is -0.498. The number of amides is 1. The highest BCUT2D eigenvalue weighted by atomic mass is 32.1. The number of rotatable bonds is 5. The number of furan rings is 1. The summed E-state index contributed by atoms with van der Waals surface area (Å²) in [7, 11) is 0. The molecule has 1 amide bonds. The number of benzene rings is 2. The fourth-order valence-corrected chi connectivity index (χ4v) is 3.32. The maximum Gasteiger partial charge on any atom is 0.310 e. The van der Waals surface area contributed by atoms with E-state index in [-0.39, 0.29) is 13.0 Å². The van der Waals surface area contributed by atoms with Crippen LogP contribution >= 0.6 is 11.7 Å². The zero-order valence-electron chi connectivity index (χ0n) is 14.4. The molecule has 0 atom stereocenters. The molecule has 0 fully saturated rings. The van der Waals surface area contributed by atoms with Gasteiger partial charge in [0.15, 0.2) is 6.61 Å². The molecule has 0 bridgehead atoms. The van der Waals surface area contributed by atoms with Gasteiger partial charge in [0.05, 0.1) is 30.1 Å². The van der Waals surface area contributed by atoms with Crippen molar-refractivity contribution in [3.8, 4) is 0 Å². The zero-order valence-corrected chi connectivity index (χ0v) is 15.2. The first-order chi connectivity index (χ1) is 13.1. The van der Waals surface area contributed by atoms with Crippen LogP contribution in [0.4, 0.5) is 5.69 Å². The molecule has 0 saturated carbocycles. The van der Waals surface area contributed by atoms with Crippen LogP contribution < -0.4 is 5.32 Å². The average molecular weight is 381 g/mol. The van der Waals surface area contributed by atoms with Crippen LogP contribution in [0.5, 0.6) is 0 Å². The summed E-state index contributed by atoms with van der Waals surface area (Å²) in [5.74, 6) is -0.932. The quantitative estimate of drug-likeness (QED) is 0.532. The highest BCUT2D eigenvalue weighted by Gasteiger charge is 2.14. The molecule has 2 aromatic heterocycles. The Hall–Kier alpha value is -3.26. The predicted octanol–water partition coefficient (Wildman–Crippen LogP) is 3.47. The van der Waals surface area contributed by atoms with Crippen LogP contribution in [0.15, 0.2) is 47.1 Å². The van der Waals surface area contributed by atoms with Gasteiger partial charge in [-0.05, 0) is 30.7 Å². The van der Waals surface area contributed by atoms with E-state index in [4.69, 9.17) is 9.15 Å². The van der Waals surface area contributed by atoms with E-state index >= 15 is 0 Å². The fourth-order valence-electron chi connectivity index (χ4n) is 2.77. The van der Waals surface area contributed by atoms with Crippen molar-refractivity contribution < 1.29 is 18.7 Å². The molecule has 2 heterocycles. The van der Waals surface area contributed by atoms with E-state index in [1.807, 2.05) is 31.2 Å². The lowest BCUT2D eigenvalue weighted by Gasteiger charge is -2.06. The molecule has 0 aliphatic heterocycles. The van der Waals surface area contributed by atoms with E-state index in [2.05, 4.69) is 14.1 Å². The summed E-state index contributed by atoms with van der Waals surface area (Å²) >= 11 is 1.07. The second-order valence-electron chi connectivity index (χ2n) is 6.08. The van der Waals surface area contributed by atoms with Crippen LogP contribution in [-0.2, 0) is 20.7 Å². The van der Waals surface area contributed by atoms with Gasteiger partial charge in [-0.25, -0.2) is 0 Å². The highest BCUT2D eigenvalue weighted by Crippen LogP contribution is 2.23. The summed E-state index contributed by atoms with van der Waals surface area (Å²) in [6.45, 7) is 1.60. The number of nitrogens with zero attached hydrogens (tertiary/aromatic N) is 2. The molecule has 4 aromatic rings. The summed E-state index contributed by atoms with van der Waals surface area (Å²) in [6, 6.07) is 11.1. The number of carbonyl (C=O) groups is 2. The van der Waals surface area contributed by atoms with Crippen molar-refractivity contribution in [2.75, 3.05) is 11.9 Å². The second-order valence-corrected chi connectivity index (χ2v) is 6.61. The number of fused-ring (bicyclic) bond motifs is 2. The molecule has 0 unspecified atom stereocenters. The Morgan fingerprint density at radius 1 is 1.22 bits per heavy atom. The van der Waals surface area contributed by atoms with Gasteiger partial charge in [0.2, 0.25) is 0 Å². The third-order valence-electron chi connectivity index (χ3n) is 4.07. The van der Waals surface area contributed by atoms with E-state index in [0.717, 1.165) is 33.8 Å². The first kappa shape index (κ1) is 17.2. The van der Waals surface area contributed by atoms with Gasteiger partial charge in [0.25, 0.3) is 5.91 Å². The van der Waals surface area contributed by atoms with E-state index in [1.54, 1.807) is 18.4 Å². The minimum absolute atomic E-state index is 0.0366. The first-order valence-electron chi connectivity index (χ1n) is 8.23. The van der Waals surface area contributed by atoms with E-state index in [0.29, 0.717) is 16.7 Å². The van der Waals surface area contributed by atoms with Crippen molar-refractivity contribution in [3.63, 3.8) is 0 Å². The number of ether oxygens (including phenoxy) is 1. The van der Waals surface area contributed by atoms with Crippen molar-refractivity contribution in [1.29, 1.82) is 0 Å². The predicted molar refractivity (Wildman–Crippen MR) is 102 cm³/mol. The van der Waals surface area contributed by atoms with Crippen molar-refractivity contribution in [3.05, 3.63) is 53.8 Å². The Morgan fingerprint density at radius 2 is 2.11 bits per heavy atom. The normalized spacial score (nSPS) is 11.0. The largest absolute Gasteiger partial charge is 0.464 e. The Bertz CT molecular complexity index is 1150. The number of nitrogens with one attached hydrogen (secondary N) is 1. The number of aryl methyl sites for hydroxylation is 1. The van der Waals surface area contributed by atoms with Gasteiger partial charge < -0.3 is 14.5 Å². The molecule has 4 rings (SSSR count). The van der Waals surface area contributed by atoms with Gasteiger partial charge in [-0.3, -0.25) is 9.59 Å². The molecule has 2 aromatic carbocycles. The smallest absolute Gasteiger partial charge is 0.310 e. The van der Waals surface area contributed by atoms with Crippen LogP contribution in [0, 0.1) is 6.92 Å². The third kappa shape index (κ3) is 3.65. The molecule has 8 heteroatoms. The van der Waals surface area contributed by atoms with Crippen molar-refractivity contribution in [2.24, 2.45) is 0 Å². The molecular formula is C19H15N3O4S. The molecular weight excluding hydrogens is 366 g/mol. The molecule has 27 heavy (non-hydrogen) atoms. The van der Waals surface area contributed by atoms with Gasteiger partial charge in [0, 0.05) is 10.9 Å². The molecule has 0 radical (unpaired) electrons. The lowest BCUT2D eigenvalue weighted by Crippen LogP contribution is -2.21. The molecule has 1 N–H and O–H groups in total. The van der Waals surface area contributed by atoms with Crippen LogP contribution in [0.1, 0.15) is 11.1 Å². The lowest BCUT2D eigenvalue weighted by molar-refractivity contribution is -0.146. The maximum atomic E-state index is 12.1. The number of hydrogen-bond acceptors (Lipinski definition) is 7. The Labute approximate surface area is 158 Å². The first-order valence-corrected chi connectivity index (χ1v) is 8.96. The Kier molecular flexibility index (Phi) is 4.55. The number of carbonyl (C=O) groups excluding carboxylic acids is 2. The summed E-state index contributed by atoms with van der Waals surface area (Å²) in [4.78, 5) is 24.2. The second kappa shape index (κ2) is 7.16. The Balaban J connectivity index is 1.36. The summed E-state index contributed by atoms with van der Waals surface area (Å²) in [6.07, 6.45) is 1.58. The standard InChI is InChI=1S/C19H15N3O4S/c1-11-5-6-13-12(9-25-16(13)7-11)8-18(24)26-10-17(23)20-14-3-2-4-15-19(14)22-27-21-15/h2-7,9H,8,10H2,1H3,(H,20,23). The lowest BCUT2D eigenvalue weighted by atomic mass is 10.1. The van der Waals surface area contributed by atoms with Gasteiger partial charge in [-0.15, -0.1) is 0 Å². The molecule has 136 valence electrons. The topological polar surface area (TPSA) is 94.3 Å². The molecule has 0 spiro atoms. The van der Waals surface area contributed by atoms with Gasteiger partial charge in [-0.1, -0.05) is 18.2 Å². The van der Waals surface area contributed by atoms with Crippen molar-refractivity contribution >= 4 is 51.3 Å². The fraction of sp³-hybridized carbons (Fsp3) is 0.158. The number of hydrogen-bond donors (Lipinski definition) is 1. The SMILES string of the molecule is Cc1ccc2c(CC(=O)OCC(=O)Nc3cccc4nsnc34)coc2c1. The van der Waals surface area contributed by atoms with Crippen LogP contribution in [0.2, 0.25) is 0 Å². The summed E-state index contributed by atoms with van der Waals surface area (Å²) in [5.41, 5.74) is 4.39.